The van der Waals surface area contributed by atoms with Crippen LogP contribution in [0.15, 0.2) is 18.3 Å². The Labute approximate surface area is 76.7 Å². The van der Waals surface area contributed by atoms with Crippen LogP contribution in [0.2, 0.25) is 0 Å². The first-order valence-electron chi connectivity index (χ1n) is 3.18. The number of rotatable bonds is 3. The number of alkyl halides is 3. The van der Waals surface area contributed by atoms with Gasteiger partial charge in [-0.1, -0.05) is 22.0 Å². The summed E-state index contributed by atoms with van der Waals surface area (Å²) < 4.78 is 27.7. The molecule has 0 bridgehead atoms. The Bertz CT molecular complexity index is 257. The van der Waals surface area contributed by atoms with Crippen LogP contribution in [0.5, 0.6) is 5.88 Å². The van der Waals surface area contributed by atoms with Crippen LogP contribution in [0.3, 0.4) is 0 Å². The maximum Gasteiger partial charge on any atom is 0.388 e. The minimum absolute atomic E-state index is 0.0237. The lowest BCUT2D eigenvalue weighted by Gasteiger charge is -2.05. The number of hydrogen-bond acceptors (Lipinski definition) is 2. The SMILES string of the molecule is FC(F)Oc1ncccc1CBr. The molecule has 0 spiro atoms. The van der Waals surface area contributed by atoms with Crippen LogP contribution < -0.4 is 4.74 Å². The molecule has 0 aliphatic heterocycles. The number of pyridine rings is 1. The standard InChI is InChI=1S/C7H6BrF2NO/c8-4-5-2-1-3-11-6(5)12-7(9)10/h1-3,7H,4H2. The molecule has 12 heavy (non-hydrogen) atoms. The number of nitrogens with zero attached hydrogens (tertiary/aromatic N) is 1. The van der Waals surface area contributed by atoms with Crippen LogP contribution in [0, 0.1) is 0 Å². The van der Waals surface area contributed by atoms with Gasteiger partial charge in [-0.05, 0) is 6.07 Å². The quantitative estimate of drug-likeness (QED) is 0.755. The molecule has 0 amide bonds. The van der Waals surface area contributed by atoms with Crippen molar-refractivity contribution in [3.63, 3.8) is 0 Å². The van der Waals surface area contributed by atoms with Gasteiger partial charge in [-0.15, -0.1) is 0 Å². The van der Waals surface area contributed by atoms with Crippen molar-refractivity contribution in [1.29, 1.82) is 0 Å². The molecule has 0 fully saturated rings. The van der Waals surface area contributed by atoms with Gasteiger partial charge in [0.2, 0.25) is 5.88 Å². The van der Waals surface area contributed by atoms with Crippen molar-refractivity contribution in [3.05, 3.63) is 23.9 Å². The molecular formula is C7H6BrF2NO. The molecule has 1 heterocycles. The topological polar surface area (TPSA) is 22.1 Å². The highest BCUT2D eigenvalue weighted by Gasteiger charge is 2.08. The predicted octanol–water partition coefficient (Wildman–Crippen LogP) is 2.58. The molecule has 0 radical (unpaired) electrons. The summed E-state index contributed by atoms with van der Waals surface area (Å²) in [6, 6.07) is 3.33. The van der Waals surface area contributed by atoms with Crippen LogP contribution in [0.4, 0.5) is 8.78 Å². The number of hydrogen-bond donors (Lipinski definition) is 0. The summed E-state index contributed by atoms with van der Waals surface area (Å²) in [7, 11) is 0. The summed E-state index contributed by atoms with van der Waals surface area (Å²) in [5.41, 5.74) is 0.609. The maximum atomic E-state index is 11.8. The summed E-state index contributed by atoms with van der Waals surface area (Å²) in [4.78, 5) is 3.66. The summed E-state index contributed by atoms with van der Waals surface area (Å²) >= 11 is 3.13. The molecule has 2 nitrogen and oxygen atoms in total. The maximum absolute atomic E-state index is 11.8. The summed E-state index contributed by atoms with van der Waals surface area (Å²) in [6.07, 6.45) is 1.41. The first-order chi connectivity index (χ1) is 5.74. The van der Waals surface area contributed by atoms with Gasteiger partial charge in [0.15, 0.2) is 0 Å². The van der Waals surface area contributed by atoms with E-state index in [0.29, 0.717) is 10.9 Å². The van der Waals surface area contributed by atoms with Gasteiger partial charge in [0.25, 0.3) is 0 Å². The third kappa shape index (κ3) is 2.41. The first kappa shape index (κ1) is 9.38. The van der Waals surface area contributed by atoms with E-state index in [-0.39, 0.29) is 5.88 Å². The summed E-state index contributed by atoms with van der Waals surface area (Å²) in [5, 5.41) is 0.447. The van der Waals surface area contributed by atoms with Crippen molar-refractivity contribution >= 4 is 15.9 Å². The van der Waals surface area contributed by atoms with E-state index in [9.17, 15) is 8.78 Å². The Morgan fingerprint density at radius 2 is 2.33 bits per heavy atom. The van der Waals surface area contributed by atoms with Gasteiger partial charge >= 0.3 is 6.61 Å². The Morgan fingerprint density at radius 1 is 1.58 bits per heavy atom. The van der Waals surface area contributed by atoms with Gasteiger partial charge in [-0.2, -0.15) is 8.78 Å². The zero-order chi connectivity index (χ0) is 8.97. The van der Waals surface area contributed by atoms with Crippen LogP contribution >= 0.6 is 15.9 Å². The van der Waals surface area contributed by atoms with E-state index >= 15 is 0 Å². The minimum atomic E-state index is -2.82. The zero-order valence-electron chi connectivity index (χ0n) is 6.01. The van der Waals surface area contributed by atoms with Crippen molar-refractivity contribution < 1.29 is 13.5 Å². The van der Waals surface area contributed by atoms with Crippen molar-refractivity contribution in [1.82, 2.24) is 4.98 Å². The monoisotopic (exact) mass is 237 g/mol. The lowest BCUT2D eigenvalue weighted by molar-refractivity contribution is -0.0533. The van der Waals surface area contributed by atoms with E-state index in [4.69, 9.17) is 0 Å². The molecule has 0 saturated heterocycles. The van der Waals surface area contributed by atoms with Crippen LogP contribution in [-0.4, -0.2) is 11.6 Å². The Kier molecular flexibility index (Phi) is 3.40. The molecule has 0 saturated carbocycles. The zero-order valence-corrected chi connectivity index (χ0v) is 7.59. The van der Waals surface area contributed by atoms with E-state index in [0.717, 1.165) is 0 Å². The van der Waals surface area contributed by atoms with Gasteiger partial charge in [-0.25, -0.2) is 4.98 Å². The fourth-order valence-corrected chi connectivity index (χ4v) is 1.14. The van der Waals surface area contributed by atoms with Gasteiger partial charge in [0.1, 0.15) is 0 Å². The molecule has 0 atom stereocenters. The average molecular weight is 238 g/mol. The lowest BCUT2D eigenvalue weighted by atomic mass is 10.3. The highest BCUT2D eigenvalue weighted by atomic mass is 79.9. The minimum Gasteiger partial charge on any atom is -0.417 e. The Morgan fingerprint density at radius 3 is 2.92 bits per heavy atom. The molecule has 1 aromatic rings. The second kappa shape index (κ2) is 4.35. The van der Waals surface area contributed by atoms with Crippen molar-refractivity contribution in [2.45, 2.75) is 11.9 Å². The van der Waals surface area contributed by atoms with Gasteiger partial charge < -0.3 is 4.74 Å². The molecule has 66 valence electrons. The normalized spacial score (nSPS) is 10.3. The van der Waals surface area contributed by atoms with E-state index in [1.807, 2.05) is 0 Å². The van der Waals surface area contributed by atoms with Gasteiger partial charge in [-0.3, -0.25) is 0 Å². The Balaban J connectivity index is 2.82. The average Bonchev–Trinajstić information content (AvgIpc) is 2.04. The molecular weight excluding hydrogens is 232 g/mol. The van der Waals surface area contributed by atoms with Crippen LogP contribution in [-0.2, 0) is 5.33 Å². The molecule has 1 rings (SSSR count). The van der Waals surface area contributed by atoms with Gasteiger partial charge in [0.05, 0.1) is 0 Å². The summed E-state index contributed by atoms with van der Waals surface area (Å²) in [6.45, 7) is -2.82. The predicted molar refractivity (Wildman–Crippen MR) is 43.5 cm³/mol. The van der Waals surface area contributed by atoms with E-state index < -0.39 is 6.61 Å². The lowest BCUT2D eigenvalue weighted by Crippen LogP contribution is -2.05. The fourth-order valence-electron chi connectivity index (χ4n) is 0.716. The number of ether oxygens (including phenoxy) is 1. The second-order valence-corrected chi connectivity index (χ2v) is 2.54. The molecule has 0 N–H and O–H groups in total. The second-order valence-electron chi connectivity index (χ2n) is 1.98. The smallest absolute Gasteiger partial charge is 0.388 e. The molecule has 0 aliphatic rings. The highest BCUT2D eigenvalue weighted by molar-refractivity contribution is 9.08. The molecule has 0 unspecified atom stereocenters. The van der Waals surface area contributed by atoms with Crippen LogP contribution in [0.25, 0.3) is 0 Å². The Hall–Kier alpha value is -0.710. The van der Waals surface area contributed by atoms with Crippen molar-refractivity contribution in [2.24, 2.45) is 0 Å². The number of halogens is 3. The van der Waals surface area contributed by atoms with Crippen molar-refractivity contribution in [3.8, 4) is 5.88 Å². The highest BCUT2D eigenvalue weighted by Crippen LogP contribution is 2.18. The molecule has 5 heteroatoms. The van der Waals surface area contributed by atoms with Crippen molar-refractivity contribution in [2.75, 3.05) is 0 Å². The third-order valence-corrected chi connectivity index (χ3v) is 1.80. The fraction of sp³-hybridized carbons (Fsp3) is 0.286. The molecule has 0 aliphatic carbocycles. The van der Waals surface area contributed by atoms with E-state index in [2.05, 4.69) is 25.7 Å². The first-order valence-corrected chi connectivity index (χ1v) is 4.31. The van der Waals surface area contributed by atoms with Crippen LogP contribution in [0.1, 0.15) is 5.56 Å². The van der Waals surface area contributed by atoms with Gasteiger partial charge in [0, 0.05) is 17.1 Å². The molecule has 1 aromatic heterocycles. The largest absolute Gasteiger partial charge is 0.417 e. The van der Waals surface area contributed by atoms with E-state index in [1.54, 1.807) is 12.1 Å². The third-order valence-electron chi connectivity index (χ3n) is 1.19. The summed E-state index contributed by atoms with van der Waals surface area (Å²) in [5.74, 6) is -0.0237. The molecule has 0 aromatic carbocycles. The number of aromatic nitrogens is 1. The van der Waals surface area contributed by atoms with E-state index in [1.165, 1.54) is 6.20 Å².